The van der Waals surface area contributed by atoms with Crippen molar-refractivity contribution >= 4 is 23.8 Å². The number of cyclic esters (lactones) is 1. The van der Waals surface area contributed by atoms with Crippen LogP contribution in [-0.2, 0) is 26.2 Å². The molecule has 0 N–H and O–H groups in total. The van der Waals surface area contributed by atoms with Crippen molar-refractivity contribution in [3.63, 3.8) is 0 Å². The third-order valence-electron chi connectivity index (χ3n) is 9.59. The van der Waals surface area contributed by atoms with E-state index in [0.717, 1.165) is 17.0 Å². The van der Waals surface area contributed by atoms with Gasteiger partial charge in [0, 0.05) is 49.4 Å². The van der Waals surface area contributed by atoms with Gasteiger partial charge in [-0.2, -0.15) is 5.26 Å². The Labute approximate surface area is 275 Å². The number of benzene rings is 1. The number of nitriles is 1. The van der Waals surface area contributed by atoms with Crippen LogP contribution in [-0.4, -0.2) is 91.8 Å². The van der Waals surface area contributed by atoms with Crippen molar-refractivity contribution < 1.29 is 32.6 Å². The number of halogens is 2. The minimum atomic E-state index is -0.921. The Hall–Kier alpha value is -5.13. The van der Waals surface area contributed by atoms with E-state index in [0.29, 0.717) is 38.2 Å². The molecule has 13 nitrogen and oxygen atoms in total. The molecule has 0 radical (unpaired) electrons. The fourth-order valence-electron chi connectivity index (χ4n) is 7.33. The van der Waals surface area contributed by atoms with Crippen molar-refractivity contribution in [2.75, 3.05) is 31.1 Å². The molecule has 7 rings (SSSR count). The van der Waals surface area contributed by atoms with Crippen LogP contribution in [0.3, 0.4) is 0 Å². The van der Waals surface area contributed by atoms with Crippen molar-refractivity contribution in [1.29, 1.82) is 5.26 Å². The van der Waals surface area contributed by atoms with E-state index in [1.54, 1.807) is 37.9 Å². The third kappa shape index (κ3) is 5.38. The van der Waals surface area contributed by atoms with Gasteiger partial charge in [0.05, 0.1) is 42.3 Å². The van der Waals surface area contributed by atoms with Gasteiger partial charge in [-0.25, -0.2) is 23.1 Å². The summed E-state index contributed by atoms with van der Waals surface area (Å²) in [6.07, 6.45) is 3.90. The standard InChI is InChI=1S/C33H34F2N8O5/c1-32(2,3)48-31(46)42-9-4-5-26(42)29(44)40-16-22-23(17-40)33(22,18-36)27-7-6-19(13-37-27)28-24(34)11-20(12-25(28)35)43-15-21(47-30(43)45)14-41-10-8-38-39-41/h6-8,10-13,21-23,26H,4-5,9,14-17H2,1-3H3/t21-,22-,23+,26-,33?/m0/s1. The van der Waals surface area contributed by atoms with Crippen LogP contribution < -0.4 is 4.90 Å². The van der Waals surface area contributed by atoms with Crippen LogP contribution in [0.2, 0.25) is 0 Å². The average molecular weight is 661 g/mol. The number of carbonyl (C=O) groups excluding carboxylic acids is 3. The van der Waals surface area contributed by atoms with E-state index in [4.69, 9.17) is 9.47 Å². The number of pyridine rings is 1. The van der Waals surface area contributed by atoms with Gasteiger partial charge in [-0.3, -0.25) is 19.6 Å². The number of likely N-dealkylation sites (tertiary alicyclic amines) is 2. The molecule has 5 heterocycles. The largest absolute Gasteiger partial charge is 0.444 e. The molecule has 1 saturated carbocycles. The summed E-state index contributed by atoms with van der Waals surface area (Å²) in [4.78, 5) is 47.5. The molecule has 0 spiro atoms. The SMILES string of the molecule is CC(C)(C)OC(=O)N1CCC[C@H]1C(=O)N1C[C@@H]2[C@H](C1)C2(C#N)c1ccc(-c2c(F)cc(N3C[C@H](Cn4ccnn4)OC3=O)cc2F)cn1. The highest BCUT2D eigenvalue weighted by Crippen LogP contribution is 2.63. The molecule has 4 fully saturated rings. The first-order chi connectivity index (χ1) is 22.9. The summed E-state index contributed by atoms with van der Waals surface area (Å²) in [7, 11) is 0. The van der Waals surface area contributed by atoms with Crippen molar-refractivity contribution in [2.45, 2.75) is 63.3 Å². The number of piperidine rings is 1. The van der Waals surface area contributed by atoms with Gasteiger partial charge >= 0.3 is 12.2 Å². The quantitative estimate of drug-likeness (QED) is 0.384. The summed E-state index contributed by atoms with van der Waals surface area (Å²) >= 11 is 0. The lowest BCUT2D eigenvalue weighted by Gasteiger charge is -2.31. The number of anilines is 1. The maximum absolute atomic E-state index is 15.4. The predicted octanol–water partition coefficient (Wildman–Crippen LogP) is 3.89. The molecule has 3 amide bonds. The Kier molecular flexibility index (Phi) is 7.56. The summed E-state index contributed by atoms with van der Waals surface area (Å²) in [5, 5.41) is 17.8. The molecule has 4 aliphatic rings. The molecule has 1 unspecified atom stereocenters. The first-order valence-corrected chi connectivity index (χ1v) is 15.9. The number of amides is 3. The highest BCUT2D eigenvalue weighted by Gasteiger charge is 2.71. The lowest BCUT2D eigenvalue weighted by molar-refractivity contribution is -0.135. The molecule has 3 saturated heterocycles. The van der Waals surface area contributed by atoms with Gasteiger partial charge in [-0.1, -0.05) is 11.3 Å². The summed E-state index contributed by atoms with van der Waals surface area (Å²) in [5.74, 6) is -2.22. The highest BCUT2D eigenvalue weighted by atomic mass is 19.1. The average Bonchev–Trinajstić information content (AvgIpc) is 3.70. The van der Waals surface area contributed by atoms with Gasteiger partial charge < -0.3 is 14.4 Å². The van der Waals surface area contributed by atoms with Crippen LogP contribution in [0, 0.1) is 34.8 Å². The number of hydrogen-bond acceptors (Lipinski definition) is 9. The molecule has 15 heteroatoms. The normalized spacial score (nSPS) is 26.3. The fourth-order valence-corrected chi connectivity index (χ4v) is 7.33. The van der Waals surface area contributed by atoms with Crippen LogP contribution in [0.15, 0.2) is 42.9 Å². The fraction of sp³-hybridized carbons (Fsp3) is 0.485. The Bertz CT molecular complexity index is 1770. The van der Waals surface area contributed by atoms with Crippen LogP contribution in [0.25, 0.3) is 11.1 Å². The Morgan fingerprint density at radius 1 is 1.15 bits per heavy atom. The summed E-state index contributed by atoms with van der Waals surface area (Å²) in [6.45, 7) is 6.82. The molecule has 1 aliphatic carbocycles. The second-order valence-corrected chi connectivity index (χ2v) is 13.7. The van der Waals surface area contributed by atoms with Gasteiger partial charge in [0.2, 0.25) is 5.91 Å². The van der Waals surface area contributed by atoms with Crippen molar-refractivity contribution in [3.8, 4) is 17.2 Å². The number of aromatic nitrogens is 4. The Morgan fingerprint density at radius 2 is 1.88 bits per heavy atom. The Balaban J connectivity index is 1.02. The van der Waals surface area contributed by atoms with Gasteiger partial charge in [0.15, 0.2) is 0 Å². The van der Waals surface area contributed by atoms with Gasteiger partial charge in [0.1, 0.15) is 34.8 Å². The molecule has 250 valence electrons. The number of fused-ring (bicyclic) bond motifs is 1. The number of carbonyl (C=O) groups is 3. The zero-order chi connectivity index (χ0) is 34.0. The van der Waals surface area contributed by atoms with Gasteiger partial charge in [0.25, 0.3) is 0 Å². The van der Waals surface area contributed by atoms with Crippen LogP contribution in [0.4, 0.5) is 24.1 Å². The molecule has 1 aromatic carbocycles. The first-order valence-electron chi connectivity index (χ1n) is 15.9. The van der Waals surface area contributed by atoms with Crippen molar-refractivity contribution in [1.82, 2.24) is 29.8 Å². The third-order valence-corrected chi connectivity index (χ3v) is 9.59. The molecular formula is C33H34F2N8O5. The number of nitrogens with zero attached hydrogens (tertiary/aromatic N) is 8. The van der Waals surface area contributed by atoms with Gasteiger partial charge in [-0.05, 0) is 51.8 Å². The highest BCUT2D eigenvalue weighted by molar-refractivity contribution is 5.90. The summed E-state index contributed by atoms with van der Waals surface area (Å²) in [6, 6.07) is 7.08. The second kappa shape index (κ2) is 11.5. The topological polar surface area (TPSA) is 147 Å². The first kappa shape index (κ1) is 31.5. The minimum absolute atomic E-state index is 0.0181. The summed E-state index contributed by atoms with van der Waals surface area (Å²) in [5.41, 5.74) is -1.24. The molecule has 3 aliphatic heterocycles. The molecular weight excluding hydrogens is 626 g/mol. The molecule has 3 aromatic rings. The smallest absolute Gasteiger partial charge is 0.414 e. The van der Waals surface area contributed by atoms with E-state index in [-0.39, 0.29) is 47.6 Å². The van der Waals surface area contributed by atoms with E-state index in [1.807, 2.05) is 0 Å². The van der Waals surface area contributed by atoms with E-state index >= 15 is 8.78 Å². The number of ether oxygens (including phenoxy) is 2. The van der Waals surface area contributed by atoms with Crippen LogP contribution in [0.5, 0.6) is 0 Å². The predicted molar refractivity (Wildman–Crippen MR) is 164 cm³/mol. The van der Waals surface area contributed by atoms with Gasteiger partial charge in [-0.15, -0.1) is 5.10 Å². The summed E-state index contributed by atoms with van der Waals surface area (Å²) < 4.78 is 43.1. The zero-order valence-corrected chi connectivity index (χ0v) is 26.7. The molecule has 48 heavy (non-hydrogen) atoms. The lowest BCUT2D eigenvalue weighted by atomic mass is 9.95. The monoisotopic (exact) mass is 660 g/mol. The van der Waals surface area contributed by atoms with Crippen LogP contribution in [0.1, 0.15) is 39.3 Å². The van der Waals surface area contributed by atoms with E-state index in [1.165, 1.54) is 28.0 Å². The number of hydrogen-bond donors (Lipinski definition) is 0. The zero-order valence-electron chi connectivity index (χ0n) is 26.7. The molecule has 5 atom stereocenters. The van der Waals surface area contributed by atoms with E-state index in [9.17, 15) is 19.6 Å². The maximum Gasteiger partial charge on any atom is 0.414 e. The Morgan fingerprint density at radius 3 is 2.48 bits per heavy atom. The maximum atomic E-state index is 15.4. The van der Waals surface area contributed by atoms with Crippen molar-refractivity contribution in [2.24, 2.45) is 11.8 Å². The van der Waals surface area contributed by atoms with E-state index < -0.39 is 47.0 Å². The van der Waals surface area contributed by atoms with Crippen molar-refractivity contribution in [3.05, 3.63) is 60.2 Å². The van der Waals surface area contributed by atoms with Crippen LogP contribution >= 0.6 is 0 Å². The minimum Gasteiger partial charge on any atom is -0.444 e. The molecule has 2 aromatic heterocycles. The molecule has 0 bridgehead atoms. The number of rotatable bonds is 6. The second-order valence-electron chi connectivity index (χ2n) is 13.7. The van der Waals surface area contributed by atoms with E-state index in [2.05, 4.69) is 21.4 Å². The lowest BCUT2D eigenvalue weighted by Crippen LogP contribution is -2.49.